The Morgan fingerprint density at radius 2 is 0.787 bits per heavy atom. The van der Waals surface area contributed by atoms with E-state index in [0.717, 1.165) is 17.6 Å². The van der Waals surface area contributed by atoms with Crippen LogP contribution in [0.5, 0.6) is 0 Å². The maximum absolute atomic E-state index is 13.7. The minimum atomic E-state index is -4.72. The van der Waals surface area contributed by atoms with E-state index in [-0.39, 0.29) is 57.1 Å². The van der Waals surface area contributed by atoms with Gasteiger partial charge in [0.2, 0.25) is 0 Å². The second-order valence-corrected chi connectivity index (χ2v) is 37.5. The van der Waals surface area contributed by atoms with Gasteiger partial charge < -0.3 is 36.5 Å². The first-order valence-electron chi connectivity index (χ1n) is 27.4. The highest BCUT2D eigenvalue weighted by atomic mass is 127. The largest absolute Gasteiger partial charge is 0.419 e. The highest BCUT2D eigenvalue weighted by Gasteiger charge is 2.37. The number of anilines is 8. The topological polar surface area (TPSA) is 263 Å². The van der Waals surface area contributed by atoms with Gasteiger partial charge in [-0.2, -0.15) is 39.5 Å². The number of nitrogens with two attached hydrogens (primary N) is 2. The Morgan fingerprint density at radius 1 is 0.447 bits per heavy atom. The van der Waals surface area contributed by atoms with E-state index in [0.29, 0.717) is 34.8 Å². The van der Waals surface area contributed by atoms with Crippen molar-refractivity contribution in [2.45, 2.75) is 90.5 Å². The summed E-state index contributed by atoms with van der Waals surface area (Å²) < 4.78 is 214. The van der Waals surface area contributed by atoms with Crippen molar-refractivity contribution in [1.29, 1.82) is 0 Å². The van der Waals surface area contributed by atoms with Crippen LogP contribution in [0, 0.1) is 3.57 Å². The number of nitrogens with one attached hydrogen (secondary N) is 3. The van der Waals surface area contributed by atoms with Gasteiger partial charge in [-0.3, -0.25) is 0 Å². The van der Waals surface area contributed by atoms with Gasteiger partial charge in [-0.25, -0.2) is 40.2 Å². The third kappa shape index (κ3) is 22.9. The smallest absolute Gasteiger partial charge is 0.399 e. The molecule has 0 saturated heterocycles. The van der Waals surface area contributed by atoms with E-state index in [4.69, 9.17) is 34.7 Å². The van der Waals surface area contributed by atoms with Crippen LogP contribution in [0.2, 0.25) is 10.3 Å². The molecule has 510 valence electrons. The number of para-hydroxylation sites is 3. The van der Waals surface area contributed by atoms with Crippen LogP contribution in [0.15, 0.2) is 173 Å². The van der Waals surface area contributed by atoms with Crippen LogP contribution in [0.1, 0.15) is 58.2 Å². The molecule has 3 heterocycles. The fourth-order valence-electron chi connectivity index (χ4n) is 7.54. The summed E-state index contributed by atoms with van der Waals surface area (Å²) in [6.07, 6.45) is -11.7. The number of sulfone groups is 3. The van der Waals surface area contributed by atoms with E-state index in [2.05, 4.69) is 30.9 Å². The average molecular weight is 1570 g/mol. The number of rotatable bonds is 14. The Labute approximate surface area is 563 Å². The van der Waals surface area contributed by atoms with Crippen molar-refractivity contribution in [3.63, 3.8) is 0 Å². The second kappa shape index (κ2) is 32.5. The maximum Gasteiger partial charge on any atom is 0.419 e. The van der Waals surface area contributed by atoms with Gasteiger partial charge in [0, 0.05) is 50.2 Å². The molecule has 0 amide bonds. The highest BCUT2D eigenvalue weighted by molar-refractivity contribution is 14.1. The molecule has 0 radical (unpaired) electrons. The van der Waals surface area contributed by atoms with Gasteiger partial charge in [-0.1, -0.05) is 59.6 Å². The molecule has 33 heteroatoms. The first-order valence-corrected chi connectivity index (χ1v) is 39.1. The highest BCUT2D eigenvalue weighted by Crippen LogP contribution is 2.42. The van der Waals surface area contributed by atoms with Gasteiger partial charge in [0.1, 0.15) is 30.4 Å². The van der Waals surface area contributed by atoms with Gasteiger partial charge in [-0.15, -0.1) is 0 Å². The first-order chi connectivity index (χ1) is 43.1. The summed E-state index contributed by atoms with van der Waals surface area (Å²) in [5.74, 6) is 0.114. The predicted octanol–water partition coefficient (Wildman–Crippen LogP) is 17.0. The van der Waals surface area contributed by atoms with Crippen LogP contribution in [-0.4, -0.2) is 82.6 Å². The quantitative estimate of drug-likeness (QED) is 0.0223. The Kier molecular flexibility index (Phi) is 27.7. The van der Waals surface area contributed by atoms with E-state index in [1.807, 2.05) is 12.1 Å². The van der Waals surface area contributed by atoms with Gasteiger partial charge in [0.15, 0.2) is 29.5 Å². The Hall–Kier alpha value is -6.46. The number of nitrogen functional groups attached to an aromatic ring is 2. The zero-order valence-corrected chi connectivity index (χ0v) is 59.6. The van der Waals surface area contributed by atoms with Gasteiger partial charge >= 0.3 is 18.5 Å². The molecule has 5 aromatic carbocycles. The predicted molar refractivity (Wildman–Crippen MR) is 366 cm³/mol. The fourth-order valence-corrected chi connectivity index (χ4v) is 14.1. The monoisotopic (exact) mass is 1560 g/mol. The standard InChI is InChI=1S/C23H25F3N3O3PS.C15H14ClF3N2O2S.C9H13NO2S.C8H12NOP.C6H2ClF3IN/c1-15(2)34(31,32)21-8-6-5-7-19(21)29-20-13-22(27-14-18(20)23(24,25)26)28-16-9-11-17(12-10-16)33(3,4)30;1-9(2)24(22,23)13-6-4-3-5-11(13)21-12-7-14(16)20-8-10(12)15(17,18)19;1-7(2)13(11,12)9-6-4-3-5-8(9)10;1-11(2,10)8-5-3-7(9)4-6-8;7-5-1-4(11)3(2-12-5)6(8,9)10/h5-15H,1-4H3,(H2,27,28,29);3-9H,1-2H3,(H,20,21);3-7H,10H2,1-2H3;3-6H,9H2,1-2H3;1-2H. The summed E-state index contributed by atoms with van der Waals surface area (Å²) in [7, 11) is -15.2. The average Bonchev–Trinajstić information content (AvgIpc) is 0.814. The molecule has 8 rings (SSSR count). The molecule has 0 aliphatic rings. The molecule has 94 heavy (non-hydrogen) atoms. The Morgan fingerprint density at radius 3 is 1.17 bits per heavy atom. The van der Waals surface area contributed by atoms with E-state index in [1.165, 1.54) is 94.4 Å². The third-order valence-electron chi connectivity index (χ3n) is 12.8. The van der Waals surface area contributed by atoms with Crippen LogP contribution < -0.4 is 38.0 Å². The van der Waals surface area contributed by atoms with Crippen molar-refractivity contribution in [2.24, 2.45) is 0 Å². The van der Waals surface area contributed by atoms with E-state index in [1.54, 1.807) is 118 Å². The van der Waals surface area contributed by atoms with E-state index < -0.39 is 94.8 Å². The summed E-state index contributed by atoms with van der Waals surface area (Å²) in [5, 5.41) is 7.66. The van der Waals surface area contributed by atoms with Crippen LogP contribution in [-0.2, 0) is 57.2 Å². The van der Waals surface area contributed by atoms with Crippen LogP contribution in [0.25, 0.3) is 0 Å². The van der Waals surface area contributed by atoms with Crippen molar-refractivity contribution in [3.8, 4) is 0 Å². The SMILES string of the molecule is CC(C)S(=O)(=O)c1ccccc1N.CC(C)S(=O)(=O)c1ccccc1Nc1cc(Cl)ncc1C(F)(F)F.CC(C)S(=O)(=O)c1ccccc1Nc1cc(Nc2ccc(P(C)(C)=O)cc2)ncc1C(F)(F)F.CP(C)(=O)c1ccc(N)cc1.FC(F)(F)c1cnc(Cl)cc1I. The molecular formula is C61H66Cl2F9IN8O8P2S3. The van der Waals surface area contributed by atoms with Crippen molar-refractivity contribution in [1.82, 2.24) is 15.0 Å². The zero-order chi connectivity index (χ0) is 71.3. The summed E-state index contributed by atoms with van der Waals surface area (Å²) in [5.41, 5.74) is 9.14. The van der Waals surface area contributed by atoms with E-state index in [9.17, 15) is 73.9 Å². The molecule has 7 N–H and O–H groups in total. The lowest BCUT2D eigenvalue weighted by atomic mass is 10.2. The molecular weight excluding hydrogens is 1500 g/mol. The Bertz CT molecular complexity index is 4380. The lowest BCUT2D eigenvalue weighted by Crippen LogP contribution is -2.16. The number of alkyl halides is 9. The van der Waals surface area contributed by atoms with Crippen molar-refractivity contribution < 1.29 is 73.9 Å². The number of halogens is 12. The molecule has 0 saturated carbocycles. The van der Waals surface area contributed by atoms with Crippen molar-refractivity contribution >= 4 is 146 Å². The summed E-state index contributed by atoms with van der Waals surface area (Å²) in [6, 6.07) is 35.3. The minimum absolute atomic E-state index is 0.0323. The summed E-state index contributed by atoms with van der Waals surface area (Å²) in [4.78, 5) is 10.7. The fraction of sp³-hybridized carbons (Fsp3) is 0.262. The number of hydrogen-bond donors (Lipinski definition) is 5. The molecule has 0 atom stereocenters. The lowest BCUT2D eigenvalue weighted by molar-refractivity contribution is -0.139. The number of benzene rings is 5. The van der Waals surface area contributed by atoms with E-state index >= 15 is 0 Å². The lowest BCUT2D eigenvalue weighted by Gasteiger charge is -2.19. The molecule has 0 bridgehead atoms. The molecule has 0 spiro atoms. The zero-order valence-electron chi connectivity index (χ0n) is 51.7. The second-order valence-electron chi connectivity index (χ2n) is 21.7. The number of aromatic nitrogens is 3. The van der Waals surface area contributed by atoms with Gasteiger partial charge in [-0.05, 0) is 188 Å². The van der Waals surface area contributed by atoms with Crippen molar-refractivity contribution in [3.05, 3.63) is 189 Å². The number of nitrogens with zero attached hydrogens (tertiary/aromatic N) is 3. The van der Waals surface area contributed by atoms with Crippen LogP contribution in [0.3, 0.4) is 0 Å². The van der Waals surface area contributed by atoms with Crippen LogP contribution >= 0.6 is 60.1 Å². The summed E-state index contributed by atoms with van der Waals surface area (Å²) >= 11 is 12.6. The van der Waals surface area contributed by atoms with Gasteiger partial charge in [0.25, 0.3) is 0 Å². The number of hydrogen-bond acceptors (Lipinski definition) is 16. The molecule has 0 unspecified atom stereocenters. The van der Waals surface area contributed by atoms with Crippen molar-refractivity contribution in [2.75, 3.05) is 54.1 Å². The molecule has 0 aliphatic carbocycles. The normalized spacial score (nSPS) is 12.2. The van der Waals surface area contributed by atoms with Gasteiger partial charge in [0.05, 0.1) is 75.6 Å². The molecule has 16 nitrogen and oxygen atoms in total. The Balaban J connectivity index is 0.000000271. The first kappa shape index (κ1) is 80.0. The van der Waals surface area contributed by atoms with Crippen LogP contribution in [0.4, 0.5) is 85.1 Å². The third-order valence-corrected chi connectivity index (χ3v) is 23.8. The molecule has 8 aromatic rings. The molecule has 3 aromatic heterocycles. The molecule has 0 fully saturated rings. The summed E-state index contributed by atoms with van der Waals surface area (Å²) in [6.45, 7) is 16.1. The minimum Gasteiger partial charge on any atom is -0.399 e. The molecule has 0 aliphatic heterocycles. The number of pyridine rings is 3. The maximum atomic E-state index is 13.7.